The summed E-state index contributed by atoms with van der Waals surface area (Å²) in [4.78, 5) is 25.5. The SMILES string of the molecule is CCCCCCCCCCCCCCCCC=COC(=O)C1CC=CCC1C(=O)OC=CCCCCCCCCCCCCCCCC. The lowest BCUT2D eigenvalue weighted by Gasteiger charge is -2.23. The maximum absolute atomic E-state index is 12.8. The van der Waals surface area contributed by atoms with Gasteiger partial charge < -0.3 is 9.47 Å². The van der Waals surface area contributed by atoms with E-state index in [2.05, 4.69) is 13.8 Å². The number of ether oxygens (including phenoxy) is 2. The normalized spacial score (nSPS) is 16.3. The Bertz CT molecular complexity index is 747. The third-order valence-corrected chi connectivity index (χ3v) is 10.0. The molecule has 2 unspecified atom stereocenters. The molecule has 4 nitrogen and oxygen atoms in total. The number of esters is 2. The Balaban J connectivity index is 2.02. The maximum Gasteiger partial charge on any atom is 0.314 e. The summed E-state index contributed by atoms with van der Waals surface area (Å²) < 4.78 is 10.9. The molecule has 0 amide bonds. The third kappa shape index (κ3) is 27.0. The van der Waals surface area contributed by atoms with Crippen LogP contribution in [0.25, 0.3) is 0 Å². The van der Waals surface area contributed by atoms with E-state index in [0.29, 0.717) is 12.8 Å². The molecular formula is C44H78O4. The monoisotopic (exact) mass is 671 g/mol. The van der Waals surface area contributed by atoms with Crippen molar-refractivity contribution in [1.82, 2.24) is 0 Å². The van der Waals surface area contributed by atoms with Gasteiger partial charge in [0.25, 0.3) is 0 Å². The largest absolute Gasteiger partial charge is 0.435 e. The number of hydrogen-bond donors (Lipinski definition) is 0. The van der Waals surface area contributed by atoms with Gasteiger partial charge in [0.15, 0.2) is 0 Å². The molecule has 0 saturated heterocycles. The average molecular weight is 671 g/mol. The quantitative estimate of drug-likeness (QED) is 0.0296. The molecule has 0 radical (unpaired) electrons. The second-order valence-electron chi connectivity index (χ2n) is 14.5. The Morgan fingerprint density at radius 3 is 0.958 bits per heavy atom. The first-order chi connectivity index (χ1) is 23.7. The van der Waals surface area contributed by atoms with Crippen molar-refractivity contribution in [3.63, 3.8) is 0 Å². The van der Waals surface area contributed by atoms with Crippen LogP contribution in [-0.2, 0) is 19.1 Å². The topological polar surface area (TPSA) is 52.6 Å². The molecule has 0 aromatic heterocycles. The van der Waals surface area contributed by atoms with Gasteiger partial charge in [-0.3, -0.25) is 9.59 Å². The molecule has 48 heavy (non-hydrogen) atoms. The van der Waals surface area contributed by atoms with E-state index in [1.54, 1.807) is 0 Å². The lowest BCUT2D eigenvalue weighted by molar-refractivity contribution is -0.154. The van der Waals surface area contributed by atoms with Crippen LogP contribution in [0.1, 0.15) is 219 Å². The molecule has 0 heterocycles. The number of carbonyl (C=O) groups is 2. The average Bonchev–Trinajstić information content (AvgIpc) is 3.10. The molecular weight excluding hydrogens is 592 g/mol. The molecule has 1 aliphatic carbocycles. The molecule has 0 spiro atoms. The Kier molecular flexibility index (Phi) is 32.2. The summed E-state index contributed by atoms with van der Waals surface area (Å²) in [5.41, 5.74) is 0. The fraction of sp³-hybridized carbons (Fsp3) is 0.818. The van der Waals surface area contributed by atoms with Crippen LogP contribution >= 0.6 is 0 Å². The van der Waals surface area contributed by atoms with Crippen molar-refractivity contribution in [3.05, 3.63) is 36.8 Å². The van der Waals surface area contributed by atoms with Gasteiger partial charge in [0, 0.05) is 0 Å². The van der Waals surface area contributed by atoms with Crippen LogP contribution in [0.15, 0.2) is 36.8 Å². The molecule has 0 N–H and O–H groups in total. The molecule has 1 aliphatic rings. The van der Waals surface area contributed by atoms with Crippen LogP contribution in [0, 0.1) is 11.8 Å². The van der Waals surface area contributed by atoms with Gasteiger partial charge in [-0.2, -0.15) is 0 Å². The Labute approximate surface area is 298 Å². The molecule has 4 heteroatoms. The van der Waals surface area contributed by atoms with Crippen molar-refractivity contribution in [2.45, 2.75) is 219 Å². The summed E-state index contributed by atoms with van der Waals surface area (Å²) in [6, 6.07) is 0. The highest BCUT2D eigenvalue weighted by atomic mass is 16.5. The second kappa shape index (κ2) is 35.0. The van der Waals surface area contributed by atoms with Gasteiger partial charge in [0.2, 0.25) is 0 Å². The summed E-state index contributed by atoms with van der Waals surface area (Å²) in [6.45, 7) is 4.56. The number of rotatable bonds is 34. The first-order valence-electron chi connectivity index (χ1n) is 21.1. The summed E-state index contributed by atoms with van der Waals surface area (Å²) in [5.74, 6) is -1.62. The predicted molar refractivity (Wildman–Crippen MR) is 206 cm³/mol. The number of allylic oxidation sites excluding steroid dienone is 4. The highest BCUT2D eigenvalue weighted by Gasteiger charge is 2.36. The van der Waals surface area contributed by atoms with Crippen LogP contribution in [0.4, 0.5) is 0 Å². The van der Waals surface area contributed by atoms with Crippen molar-refractivity contribution in [2.24, 2.45) is 11.8 Å². The van der Waals surface area contributed by atoms with Crippen LogP contribution < -0.4 is 0 Å². The Morgan fingerprint density at radius 1 is 0.438 bits per heavy atom. The number of unbranched alkanes of at least 4 members (excludes halogenated alkanes) is 28. The third-order valence-electron chi connectivity index (χ3n) is 10.0. The van der Waals surface area contributed by atoms with E-state index in [-0.39, 0.29) is 11.9 Å². The molecule has 0 saturated carbocycles. The lowest BCUT2D eigenvalue weighted by Crippen LogP contribution is -2.32. The van der Waals surface area contributed by atoms with Crippen molar-refractivity contribution in [3.8, 4) is 0 Å². The molecule has 0 bridgehead atoms. The standard InChI is InChI=1S/C44H78O4/c1-3-5-7-9-11-13-15-17-19-21-23-25-27-29-31-35-39-47-43(45)41-37-33-34-38-42(41)44(46)48-40-36-32-30-28-26-24-22-20-18-16-14-12-10-8-6-4-2/h33-36,39-42H,3-32,37-38H2,1-2H3. The number of carbonyl (C=O) groups excluding carboxylic acids is 2. The highest BCUT2D eigenvalue weighted by Crippen LogP contribution is 2.28. The van der Waals surface area contributed by atoms with Crippen molar-refractivity contribution in [1.29, 1.82) is 0 Å². The molecule has 278 valence electrons. The first-order valence-corrected chi connectivity index (χ1v) is 21.1. The molecule has 0 aromatic rings. The van der Waals surface area contributed by atoms with E-state index >= 15 is 0 Å². The van der Waals surface area contributed by atoms with E-state index < -0.39 is 11.8 Å². The van der Waals surface area contributed by atoms with E-state index in [1.165, 1.54) is 179 Å². The summed E-state index contributed by atoms with van der Waals surface area (Å²) in [7, 11) is 0. The highest BCUT2D eigenvalue weighted by molar-refractivity contribution is 5.83. The van der Waals surface area contributed by atoms with Crippen LogP contribution in [0.2, 0.25) is 0 Å². The molecule has 0 aromatic carbocycles. The minimum atomic E-state index is -0.479. The zero-order chi connectivity index (χ0) is 34.6. The smallest absolute Gasteiger partial charge is 0.314 e. The minimum Gasteiger partial charge on any atom is -0.435 e. The molecule has 1 rings (SSSR count). The summed E-state index contributed by atoms with van der Waals surface area (Å²) in [6.07, 6.45) is 51.6. The zero-order valence-corrected chi connectivity index (χ0v) is 31.9. The van der Waals surface area contributed by atoms with Crippen molar-refractivity contribution in [2.75, 3.05) is 0 Å². The second-order valence-corrected chi connectivity index (χ2v) is 14.5. The van der Waals surface area contributed by atoms with Gasteiger partial charge in [-0.25, -0.2) is 0 Å². The molecule has 2 atom stereocenters. The van der Waals surface area contributed by atoms with Gasteiger partial charge >= 0.3 is 11.9 Å². The van der Waals surface area contributed by atoms with Gasteiger partial charge in [-0.15, -0.1) is 0 Å². The molecule has 0 fully saturated rings. The minimum absolute atomic E-state index is 0.329. The first kappa shape index (κ1) is 44.2. The van der Waals surface area contributed by atoms with E-state index in [4.69, 9.17) is 9.47 Å². The Hall–Kier alpha value is -1.84. The lowest BCUT2D eigenvalue weighted by atomic mass is 9.83. The van der Waals surface area contributed by atoms with E-state index in [9.17, 15) is 9.59 Å². The van der Waals surface area contributed by atoms with Crippen molar-refractivity contribution >= 4 is 11.9 Å². The zero-order valence-electron chi connectivity index (χ0n) is 31.9. The maximum atomic E-state index is 12.8. The predicted octanol–water partition coefficient (Wildman–Crippen LogP) is 14.4. The van der Waals surface area contributed by atoms with Gasteiger partial charge in [0.1, 0.15) is 0 Å². The van der Waals surface area contributed by atoms with Crippen LogP contribution in [0.3, 0.4) is 0 Å². The summed E-state index contributed by atoms with van der Waals surface area (Å²) in [5, 5.41) is 0. The fourth-order valence-electron chi connectivity index (χ4n) is 6.79. The summed E-state index contributed by atoms with van der Waals surface area (Å²) >= 11 is 0. The van der Waals surface area contributed by atoms with E-state index in [0.717, 1.165) is 25.7 Å². The van der Waals surface area contributed by atoms with Gasteiger partial charge in [0.05, 0.1) is 24.4 Å². The van der Waals surface area contributed by atoms with Crippen LogP contribution in [0.5, 0.6) is 0 Å². The van der Waals surface area contributed by atoms with Gasteiger partial charge in [-0.05, 0) is 50.7 Å². The van der Waals surface area contributed by atoms with E-state index in [1.807, 2.05) is 24.3 Å². The fourth-order valence-corrected chi connectivity index (χ4v) is 6.79. The van der Waals surface area contributed by atoms with Gasteiger partial charge in [-0.1, -0.05) is 193 Å². The molecule has 0 aliphatic heterocycles. The Morgan fingerprint density at radius 2 is 0.688 bits per heavy atom. The van der Waals surface area contributed by atoms with Crippen molar-refractivity contribution < 1.29 is 19.1 Å². The van der Waals surface area contributed by atoms with Crippen LogP contribution in [-0.4, -0.2) is 11.9 Å². The number of hydrogen-bond acceptors (Lipinski definition) is 4.